The molecule has 0 bridgehead atoms. The van der Waals surface area contributed by atoms with Crippen LogP contribution in [0.4, 0.5) is 0 Å². The third-order valence-corrected chi connectivity index (χ3v) is 3.84. The van der Waals surface area contributed by atoms with Gasteiger partial charge in [0, 0.05) is 13.0 Å². The summed E-state index contributed by atoms with van der Waals surface area (Å²) in [6.45, 7) is 4.67. The lowest BCUT2D eigenvalue weighted by molar-refractivity contribution is 0.0908. The zero-order valence-corrected chi connectivity index (χ0v) is 12.4. The second-order valence-electron chi connectivity index (χ2n) is 5.54. The molecule has 0 unspecified atom stereocenters. The molecule has 0 radical (unpaired) electrons. The summed E-state index contributed by atoms with van der Waals surface area (Å²) >= 11 is 0. The monoisotopic (exact) mass is 288 g/mol. The third-order valence-electron chi connectivity index (χ3n) is 3.84. The molecule has 1 amide bonds. The van der Waals surface area contributed by atoms with Gasteiger partial charge in [0.2, 0.25) is 0 Å². The Hall–Kier alpha value is -2.11. The third kappa shape index (κ3) is 2.84. The fourth-order valence-electron chi connectivity index (χ4n) is 2.72. The summed E-state index contributed by atoms with van der Waals surface area (Å²) in [6, 6.07) is 3.27. The van der Waals surface area contributed by atoms with E-state index in [1.54, 1.807) is 12.1 Å². The van der Waals surface area contributed by atoms with Gasteiger partial charge in [-0.1, -0.05) is 6.42 Å². The van der Waals surface area contributed by atoms with E-state index in [0.29, 0.717) is 5.76 Å². The molecule has 0 fully saturated rings. The number of carbonyl (C=O) groups is 1. The number of nitrogens with zero attached hydrogens (tertiary/aromatic N) is 3. The lowest BCUT2D eigenvalue weighted by Gasteiger charge is -2.14. The molecule has 0 saturated carbocycles. The highest BCUT2D eigenvalue weighted by atomic mass is 16.3. The van der Waals surface area contributed by atoms with Gasteiger partial charge in [0.05, 0.1) is 6.04 Å². The summed E-state index contributed by atoms with van der Waals surface area (Å²) in [6.07, 6.45) is 4.47. The van der Waals surface area contributed by atoms with Crippen molar-refractivity contribution >= 4 is 5.91 Å². The number of hydrogen-bond acceptors (Lipinski definition) is 4. The van der Waals surface area contributed by atoms with Crippen molar-refractivity contribution in [1.29, 1.82) is 0 Å². The van der Waals surface area contributed by atoms with E-state index in [0.717, 1.165) is 43.2 Å². The average Bonchev–Trinajstić information content (AvgIpc) is 2.99. The van der Waals surface area contributed by atoms with Crippen LogP contribution in [0.25, 0.3) is 0 Å². The lowest BCUT2D eigenvalue weighted by Crippen LogP contribution is -2.28. The summed E-state index contributed by atoms with van der Waals surface area (Å²) in [5.74, 6) is 2.68. The first-order valence-corrected chi connectivity index (χ1v) is 7.44. The zero-order chi connectivity index (χ0) is 14.8. The number of carbonyl (C=O) groups excluding carboxylic acids is 1. The number of aryl methyl sites for hydroxylation is 2. The minimum Gasteiger partial charge on any atom is -0.456 e. The van der Waals surface area contributed by atoms with Crippen LogP contribution in [0.3, 0.4) is 0 Å². The Bertz CT molecular complexity index is 644. The first-order valence-electron chi connectivity index (χ1n) is 7.44. The first kappa shape index (κ1) is 13.9. The van der Waals surface area contributed by atoms with Gasteiger partial charge in [-0.2, -0.15) is 0 Å². The quantitative estimate of drug-likeness (QED) is 0.941. The summed E-state index contributed by atoms with van der Waals surface area (Å²) in [4.78, 5) is 12.1. The van der Waals surface area contributed by atoms with E-state index in [4.69, 9.17) is 4.42 Å². The molecule has 21 heavy (non-hydrogen) atoms. The van der Waals surface area contributed by atoms with Crippen LogP contribution in [0, 0.1) is 6.92 Å². The molecule has 1 aliphatic rings. The molecule has 2 aromatic heterocycles. The van der Waals surface area contributed by atoms with Gasteiger partial charge in [-0.3, -0.25) is 4.79 Å². The van der Waals surface area contributed by atoms with E-state index in [1.165, 1.54) is 6.42 Å². The van der Waals surface area contributed by atoms with Crippen LogP contribution < -0.4 is 5.32 Å². The van der Waals surface area contributed by atoms with Gasteiger partial charge in [0.15, 0.2) is 11.6 Å². The van der Waals surface area contributed by atoms with Crippen molar-refractivity contribution in [3.63, 3.8) is 0 Å². The van der Waals surface area contributed by atoms with Crippen molar-refractivity contribution in [2.45, 2.75) is 52.1 Å². The van der Waals surface area contributed by atoms with Gasteiger partial charge in [-0.25, -0.2) is 0 Å². The van der Waals surface area contributed by atoms with E-state index in [9.17, 15) is 4.79 Å². The second-order valence-corrected chi connectivity index (χ2v) is 5.54. The van der Waals surface area contributed by atoms with Crippen LogP contribution >= 0.6 is 0 Å². The minimum absolute atomic E-state index is 0.192. The van der Waals surface area contributed by atoms with Crippen LogP contribution in [0.2, 0.25) is 0 Å². The highest BCUT2D eigenvalue weighted by Crippen LogP contribution is 2.19. The number of nitrogens with one attached hydrogen (secondary N) is 1. The molecule has 3 heterocycles. The molecule has 112 valence electrons. The predicted molar refractivity (Wildman–Crippen MR) is 76.9 cm³/mol. The molecule has 0 aliphatic carbocycles. The van der Waals surface area contributed by atoms with E-state index in [2.05, 4.69) is 20.1 Å². The Morgan fingerprint density at radius 2 is 2.19 bits per heavy atom. The molecule has 1 atom stereocenters. The van der Waals surface area contributed by atoms with Crippen LogP contribution in [0.1, 0.15) is 60.2 Å². The Kier molecular flexibility index (Phi) is 3.77. The van der Waals surface area contributed by atoms with Crippen molar-refractivity contribution in [2.75, 3.05) is 0 Å². The fraction of sp³-hybridized carbons (Fsp3) is 0.533. The van der Waals surface area contributed by atoms with Crippen LogP contribution in [0.5, 0.6) is 0 Å². The molecule has 6 heteroatoms. The van der Waals surface area contributed by atoms with Gasteiger partial charge in [-0.05, 0) is 38.8 Å². The molecule has 2 aromatic rings. The van der Waals surface area contributed by atoms with Crippen molar-refractivity contribution in [3.8, 4) is 0 Å². The SMILES string of the molecule is Cc1ccc(C(=O)N[C@@H](C)c2nnc3n2CCCCC3)o1. The smallest absolute Gasteiger partial charge is 0.287 e. The maximum absolute atomic E-state index is 12.1. The molecule has 6 nitrogen and oxygen atoms in total. The van der Waals surface area contributed by atoms with Gasteiger partial charge in [0.25, 0.3) is 5.91 Å². The number of rotatable bonds is 3. The van der Waals surface area contributed by atoms with Crippen molar-refractivity contribution in [2.24, 2.45) is 0 Å². The molecule has 1 N–H and O–H groups in total. The molecule has 0 aromatic carbocycles. The number of amides is 1. The van der Waals surface area contributed by atoms with E-state index < -0.39 is 0 Å². The van der Waals surface area contributed by atoms with Gasteiger partial charge in [-0.15, -0.1) is 10.2 Å². The Balaban J connectivity index is 1.75. The summed E-state index contributed by atoms with van der Waals surface area (Å²) < 4.78 is 7.49. The lowest BCUT2D eigenvalue weighted by atomic mass is 10.2. The Labute approximate surface area is 123 Å². The minimum atomic E-state index is -0.221. The number of hydrogen-bond donors (Lipinski definition) is 1. The highest BCUT2D eigenvalue weighted by Gasteiger charge is 2.21. The molecular formula is C15H20N4O2. The van der Waals surface area contributed by atoms with Gasteiger partial charge in [0.1, 0.15) is 11.6 Å². The van der Waals surface area contributed by atoms with Crippen molar-refractivity contribution in [1.82, 2.24) is 20.1 Å². The van der Waals surface area contributed by atoms with Crippen molar-refractivity contribution in [3.05, 3.63) is 35.3 Å². The first-order chi connectivity index (χ1) is 10.1. The molecular weight excluding hydrogens is 268 g/mol. The highest BCUT2D eigenvalue weighted by molar-refractivity contribution is 5.91. The molecule has 0 spiro atoms. The van der Waals surface area contributed by atoms with Crippen molar-refractivity contribution < 1.29 is 9.21 Å². The average molecular weight is 288 g/mol. The number of aromatic nitrogens is 3. The number of furan rings is 1. The van der Waals surface area contributed by atoms with E-state index in [1.807, 2.05) is 13.8 Å². The largest absolute Gasteiger partial charge is 0.456 e. The van der Waals surface area contributed by atoms with Gasteiger partial charge < -0.3 is 14.3 Å². The molecule has 0 saturated heterocycles. The van der Waals surface area contributed by atoms with Gasteiger partial charge >= 0.3 is 0 Å². The molecule has 1 aliphatic heterocycles. The zero-order valence-electron chi connectivity index (χ0n) is 12.4. The Morgan fingerprint density at radius 1 is 1.33 bits per heavy atom. The Morgan fingerprint density at radius 3 is 2.95 bits per heavy atom. The van der Waals surface area contributed by atoms with E-state index >= 15 is 0 Å². The van der Waals surface area contributed by atoms with Crippen LogP contribution in [-0.4, -0.2) is 20.7 Å². The van der Waals surface area contributed by atoms with Crippen LogP contribution in [0.15, 0.2) is 16.5 Å². The fourth-order valence-corrected chi connectivity index (χ4v) is 2.72. The maximum Gasteiger partial charge on any atom is 0.287 e. The predicted octanol–water partition coefficient (Wildman–Crippen LogP) is 2.40. The summed E-state index contributed by atoms with van der Waals surface area (Å²) in [7, 11) is 0. The van der Waals surface area contributed by atoms with E-state index in [-0.39, 0.29) is 11.9 Å². The summed E-state index contributed by atoms with van der Waals surface area (Å²) in [5, 5.41) is 11.4. The topological polar surface area (TPSA) is 73.0 Å². The standard InChI is InChI=1S/C15H20N4O2/c1-10-7-8-12(21-10)15(20)16-11(2)14-18-17-13-6-4-3-5-9-19(13)14/h7-8,11H,3-6,9H2,1-2H3,(H,16,20)/t11-/m0/s1. The summed E-state index contributed by atoms with van der Waals surface area (Å²) in [5.41, 5.74) is 0. The normalized spacial score (nSPS) is 16.1. The number of fused-ring (bicyclic) bond motifs is 1. The maximum atomic E-state index is 12.1. The molecule has 3 rings (SSSR count). The second kappa shape index (κ2) is 5.71. The van der Waals surface area contributed by atoms with Crippen LogP contribution in [-0.2, 0) is 13.0 Å².